The summed E-state index contributed by atoms with van der Waals surface area (Å²) in [6.45, 7) is 0.998. The summed E-state index contributed by atoms with van der Waals surface area (Å²) in [5.41, 5.74) is 8.77. The molecule has 1 aromatic rings. The van der Waals surface area contributed by atoms with Crippen molar-refractivity contribution in [1.82, 2.24) is 10.3 Å². The molecule has 0 aliphatic heterocycles. The van der Waals surface area contributed by atoms with Gasteiger partial charge in [0.1, 0.15) is 6.04 Å². The third kappa shape index (κ3) is 4.63. The van der Waals surface area contributed by atoms with Crippen LogP contribution in [0.15, 0.2) is 26.3 Å². The van der Waals surface area contributed by atoms with Gasteiger partial charge < -0.3 is 0 Å². The van der Waals surface area contributed by atoms with Crippen LogP contribution in [0.25, 0.3) is 10.4 Å². The van der Waals surface area contributed by atoms with Gasteiger partial charge in [0.25, 0.3) is 0 Å². The molecule has 1 N–H and O–H groups in total. The van der Waals surface area contributed by atoms with Gasteiger partial charge in [-0.3, -0.25) is 10.3 Å². The van der Waals surface area contributed by atoms with Crippen molar-refractivity contribution in [3.8, 4) is 6.07 Å². The molecule has 0 amide bonds. The highest BCUT2D eigenvalue weighted by Crippen LogP contribution is 2.24. The third-order valence-electron chi connectivity index (χ3n) is 2.09. The number of nitriles is 1. The molecule has 18 heavy (non-hydrogen) atoms. The Labute approximate surface area is 121 Å². The number of pyridine rings is 1. The predicted molar refractivity (Wildman–Crippen MR) is 74.6 cm³/mol. The van der Waals surface area contributed by atoms with Crippen LogP contribution in [0.3, 0.4) is 0 Å². The van der Waals surface area contributed by atoms with Gasteiger partial charge in [-0.15, -0.1) is 0 Å². The molecule has 0 saturated heterocycles. The van der Waals surface area contributed by atoms with E-state index in [4.69, 9.17) is 10.8 Å². The van der Waals surface area contributed by atoms with E-state index >= 15 is 0 Å². The molecule has 0 saturated carbocycles. The number of nitrogens with one attached hydrogen (secondary N) is 1. The summed E-state index contributed by atoms with van der Waals surface area (Å²) in [5, 5.41) is 15.6. The molecule has 0 aliphatic carbocycles. The topological polar surface area (TPSA) is 97.5 Å². The minimum absolute atomic E-state index is 0.413. The second kappa shape index (κ2) is 8.06. The largest absolute Gasteiger partial charge is 0.297 e. The molecule has 0 fully saturated rings. The van der Waals surface area contributed by atoms with Crippen molar-refractivity contribution in [2.45, 2.75) is 12.5 Å². The highest BCUT2D eigenvalue weighted by molar-refractivity contribution is 9.11. The molecule has 0 spiro atoms. The predicted octanol–water partition coefficient (Wildman–Crippen LogP) is 3.46. The van der Waals surface area contributed by atoms with Crippen LogP contribution < -0.4 is 5.32 Å². The number of halogens is 2. The number of nitrogens with zero attached hydrogens (tertiary/aromatic N) is 5. The SMILES string of the molecule is N#CC(NCCCN=[N+]=[N-])c1ncc(Br)cc1Br. The summed E-state index contributed by atoms with van der Waals surface area (Å²) in [7, 11) is 0. The van der Waals surface area contributed by atoms with E-state index in [0.29, 0.717) is 25.2 Å². The van der Waals surface area contributed by atoms with Crippen LogP contribution in [0, 0.1) is 11.3 Å². The molecule has 1 rings (SSSR count). The highest BCUT2D eigenvalue weighted by atomic mass is 79.9. The zero-order chi connectivity index (χ0) is 13.4. The van der Waals surface area contributed by atoms with E-state index in [0.717, 1.165) is 8.95 Å². The zero-order valence-electron chi connectivity index (χ0n) is 9.35. The van der Waals surface area contributed by atoms with Crippen LogP contribution in [0.1, 0.15) is 18.2 Å². The van der Waals surface area contributed by atoms with Crippen LogP contribution in [0.2, 0.25) is 0 Å². The van der Waals surface area contributed by atoms with Crippen molar-refractivity contribution < 1.29 is 0 Å². The summed E-state index contributed by atoms with van der Waals surface area (Å²) in [5.74, 6) is 0. The summed E-state index contributed by atoms with van der Waals surface area (Å²) < 4.78 is 1.61. The summed E-state index contributed by atoms with van der Waals surface area (Å²) in [6, 6.07) is 3.50. The maximum Gasteiger partial charge on any atom is 0.139 e. The molecule has 6 nitrogen and oxygen atoms in total. The molecule has 8 heteroatoms. The Balaban J connectivity index is 2.61. The van der Waals surface area contributed by atoms with Gasteiger partial charge in [-0.1, -0.05) is 5.11 Å². The number of azide groups is 1. The smallest absolute Gasteiger partial charge is 0.139 e. The quantitative estimate of drug-likeness (QED) is 0.357. The molecule has 1 aromatic heterocycles. The lowest BCUT2D eigenvalue weighted by molar-refractivity contribution is 0.595. The van der Waals surface area contributed by atoms with Crippen molar-refractivity contribution in [3.63, 3.8) is 0 Å². The second-order valence-electron chi connectivity index (χ2n) is 3.34. The Morgan fingerprint density at radius 1 is 1.61 bits per heavy atom. The van der Waals surface area contributed by atoms with E-state index in [-0.39, 0.29) is 0 Å². The molecular formula is C10H10Br2N6. The van der Waals surface area contributed by atoms with Crippen LogP contribution in [-0.4, -0.2) is 18.1 Å². The molecule has 0 bridgehead atoms. The molecule has 1 atom stereocenters. The van der Waals surface area contributed by atoms with Gasteiger partial charge in [0.15, 0.2) is 0 Å². The lowest BCUT2D eigenvalue weighted by Crippen LogP contribution is -2.22. The van der Waals surface area contributed by atoms with Crippen molar-refractivity contribution >= 4 is 31.9 Å². The van der Waals surface area contributed by atoms with Gasteiger partial charge >= 0.3 is 0 Å². The fraction of sp³-hybridized carbons (Fsp3) is 0.400. The van der Waals surface area contributed by atoms with E-state index in [2.05, 4.69) is 58.3 Å². The molecule has 1 unspecified atom stereocenters. The van der Waals surface area contributed by atoms with Gasteiger partial charge in [0.2, 0.25) is 0 Å². The minimum Gasteiger partial charge on any atom is -0.297 e. The van der Waals surface area contributed by atoms with Crippen LogP contribution in [0.5, 0.6) is 0 Å². The molecule has 0 radical (unpaired) electrons. The van der Waals surface area contributed by atoms with E-state index < -0.39 is 6.04 Å². The van der Waals surface area contributed by atoms with Crippen LogP contribution in [-0.2, 0) is 0 Å². The molecule has 0 aromatic carbocycles. The van der Waals surface area contributed by atoms with Crippen LogP contribution in [0.4, 0.5) is 0 Å². The molecule has 1 heterocycles. The van der Waals surface area contributed by atoms with E-state index in [1.807, 2.05) is 6.07 Å². The first-order chi connectivity index (χ1) is 8.69. The number of hydrogen-bond acceptors (Lipinski definition) is 4. The summed E-state index contributed by atoms with van der Waals surface area (Å²) in [6.07, 6.45) is 2.32. The van der Waals surface area contributed by atoms with Crippen molar-refractivity contribution in [2.75, 3.05) is 13.1 Å². The number of aromatic nitrogens is 1. The third-order valence-corrected chi connectivity index (χ3v) is 3.15. The first kappa shape index (κ1) is 14.9. The first-order valence-electron chi connectivity index (χ1n) is 5.14. The summed E-state index contributed by atoms with van der Waals surface area (Å²) >= 11 is 6.68. The van der Waals surface area contributed by atoms with E-state index in [9.17, 15) is 0 Å². The molecule has 0 aliphatic rings. The Kier molecular flexibility index (Phi) is 6.68. The van der Waals surface area contributed by atoms with Crippen molar-refractivity contribution in [1.29, 1.82) is 5.26 Å². The fourth-order valence-electron chi connectivity index (χ4n) is 1.28. The van der Waals surface area contributed by atoms with Crippen molar-refractivity contribution in [2.24, 2.45) is 5.11 Å². The Bertz CT molecular complexity index is 492. The lowest BCUT2D eigenvalue weighted by Gasteiger charge is -2.12. The highest BCUT2D eigenvalue weighted by Gasteiger charge is 2.14. The normalized spacial score (nSPS) is 11.4. The molecular weight excluding hydrogens is 364 g/mol. The second-order valence-corrected chi connectivity index (χ2v) is 5.11. The van der Waals surface area contributed by atoms with Gasteiger partial charge in [-0.2, -0.15) is 5.26 Å². The fourth-order valence-corrected chi connectivity index (χ4v) is 2.50. The summed E-state index contributed by atoms with van der Waals surface area (Å²) in [4.78, 5) is 6.86. The first-order valence-corrected chi connectivity index (χ1v) is 6.72. The number of hydrogen-bond donors (Lipinski definition) is 1. The Hall–Kier alpha value is -1.13. The zero-order valence-corrected chi connectivity index (χ0v) is 12.5. The van der Waals surface area contributed by atoms with E-state index in [1.165, 1.54) is 0 Å². The standard InChI is InChI=1S/C10H10Br2N6/c11-7-4-8(12)10(16-6-7)9(5-13)15-2-1-3-17-18-14/h4,6,9,15H,1-3H2. The Morgan fingerprint density at radius 2 is 2.39 bits per heavy atom. The lowest BCUT2D eigenvalue weighted by atomic mass is 10.2. The van der Waals surface area contributed by atoms with E-state index in [1.54, 1.807) is 6.20 Å². The van der Waals surface area contributed by atoms with Gasteiger partial charge in [0, 0.05) is 26.6 Å². The Morgan fingerprint density at radius 3 is 3.00 bits per heavy atom. The van der Waals surface area contributed by atoms with Crippen LogP contribution >= 0.6 is 31.9 Å². The molecule has 94 valence electrons. The maximum atomic E-state index is 9.11. The number of rotatable bonds is 6. The minimum atomic E-state index is -0.487. The van der Waals surface area contributed by atoms with Gasteiger partial charge in [0.05, 0.1) is 11.8 Å². The van der Waals surface area contributed by atoms with Gasteiger partial charge in [-0.25, -0.2) is 0 Å². The maximum absolute atomic E-state index is 9.11. The average molecular weight is 374 g/mol. The van der Waals surface area contributed by atoms with Crippen molar-refractivity contribution in [3.05, 3.63) is 37.3 Å². The monoisotopic (exact) mass is 372 g/mol. The van der Waals surface area contributed by atoms with Gasteiger partial charge in [-0.05, 0) is 56.4 Å². The average Bonchev–Trinajstić information content (AvgIpc) is 2.35.